The average molecular weight is 186 g/mol. The topological polar surface area (TPSA) is 47.6 Å². The Morgan fingerprint density at radius 3 is 1.18 bits per heavy atom. The summed E-state index contributed by atoms with van der Waals surface area (Å²) < 4.78 is 0. The fourth-order valence-corrected chi connectivity index (χ4v) is 0.224. The molecule has 0 spiro atoms. The first-order chi connectivity index (χ1) is 4.83. The molecule has 0 aromatic heterocycles. The second-order valence-electron chi connectivity index (χ2n) is 1.82. The standard InChI is InChI=1S/2C4H7N.Ti/c2*1-2-3-4-5;/h2*2-3H2,1H3;. The molecule has 0 saturated heterocycles. The monoisotopic (exact) mass is 186 g/mol. The molecule has 0 fully saturated rings. The summed E-state index contributed by atoms with van der Waals surface area (Å²) in [5.41, 5.74) is 0. The van der Waals surface area contributed by atoms with Crippen LogP contribution in [0.25, 0.3) is 0 Å². The van der Waals surface area contributed by atoms with Crippen molar-refractivity contribution < 1.29 is 21.7 Å². The second-order valence-corrected chi connectivity index (χ2v) is 1.82. The van der Waals surface area contributed by atoms with Gasteiger partial charge in [0.1, 0.15) is 0 Å². The van der Waals surface area contributed by atoms with E-state index in [1.54, 1.807) is 0 Å². The SMILES string of the molecule is CCCC#N.CCCC#N.[Ti]. The Balaban J connectivity index is -0.000000107. The van der Waals surface area contributed by atoms with E-state index in [9.17, 15) is 0 Å². The summed E-state index contributed by atoms with van der Waals surface area (Å²) in [6.45, 7) is 3.98. The molecular weight excluding hydrogens is 172 g/mol. The van der Waals surface area contributed by atoms with E-state index < -0.39 is 0 Å². The first-order valence-corrected chi connectivity index (χ1v) is 3.57. The summed E-state index contributed by atoms with van der Waals surface area (Å²) in [5.74, 6) is 0. The third-order valence-electron chi connectivity index (χ3n) is 0.724. The molecule has 0 bridgehead atoms. The minimum atomic E-state index is 0. The van der Waals surface area contributed by atoms with Gasteiger partial charge in [0.2, 0.25) is 0 Å². The Morgan fingerprint density at radius 1 is 0.909 bits per heavy atom. The fraction of sp³-hybridized carbons (Fsp3) is 0.750. The van der Waals surface area contributed by atoms with Crippen LogP contribution in [0, 0.1) is 22.7 Å². The number of nitriles is 2. The third kappa shape index (κ3) is 42.1. The molecule has 2 nitrogen and oxygen atoms in total. The van der Waals surface area contributed by atoms with E-state index >= 15 is 0 Å². The Hall–Kier alpha value is -0.306. The molecule has 3 heteroatoms. The molecule has 0 atom stereocenters. The Kier molecular flexibility index (Phi) is 34.9. The van der Waals surface area contributed by atoms with Gasteiger partial charge in [-0.2, -0.15) is 10.5 Å². The normalized spacial score (nSPS) is 5.82. The van der Waals surface area contributed by atoms with E-state index in [0.717, 1.165) is 12.8 Å². The van der Waals surface area contributed by atoms with Crippen molar-refractivity contribution in [2.24, 2.45) is 0 Å². The van der Waals surface area contributed by atoms with Gasteiger partial charge in [-0.05, 0) is 12.8 Å². The molecule has 11 heavy (non-hydrogen) atoms. The quantitative estimate of drug-likeness (QED) is 0.622. The third-order valence-corrected chi connectivity index (χ3v) is 0.724. The van der Waals surface area contributed by atoms with Crippen molar-refractivity contribution in [3.05, 3.63) is 0 Å². The van der Waals surface area contributed by atoms with Gasteiger partial charge in [-0.25, -0.2) is 0 Å². The maximum atomic E-state index is 7.82. The molecule has 0 radical (unpaired) electrons. The molecule has 0 aliphatic heterocycles. The van der Waals surface area contributed by atoms with Crippen LogP contribution in [0.15, 0.2) is 0 Å². The Labute approximate surface area is 84.1 Å². The van der Waals surface area contributed by atoms with E-state index in [4.69, 9.17) is 10.5 Å². The summed E-state index contributed by atoms with van der Waals surface area (Å²) >= 11 is 0. The van der Waals surface area contributed by atoms with Crippen LogP contribution in [0.5, 0.6) is 0 Å². The van der Waals surface area contributed by atoms with Crippen LogP contribution >= 0.6 is 0 Å². The summed E-state index contributed by atoms with van der Waals surface area (Å²) in [6.07, 6.45) is 3.35. The van der Waals surface area contributed by atoms with Crippen LogP contribution in [0.2, 0.25) is 0 Å². The van der Waals surface area contributed by atoms with Gasteiger partial charge in [0.15, 0.2) is 0 Å². The van der Waals surface area contributed by atoms with Crippen molar-refractivity contribution in [2.75, 3.05) is 0 Å². The van der Waals surface area contributed by atoms with E-state index in [1.807, 2.05) is 26.0 Å². The molecule has 60 valence electrons. The predicted molar refractivity (Wildman–Crippen MR) is 41.0 cm³/mol. The van der Waals surface area contributed by atoms with Gasteiger partial charge in [-0.15, -0.1) is 0 Å². The minimum absolute atomic E-state index is 0. The maximum Gasteiger partial charge on any atom is 0.0621 e. The summed E-state index contributed by atoms with van der Waals surface area (Å²) in [7, 11) is 0. The summed E-state index contributed by atoms with van der Waals surface area (Å²) in [4.78, 5) is 0. The number of nitrogens with zero attached hydrogens (tertiary/aromatic N) is 2. The predicted octanol–water partition coefficient (Wildman–Crippen LogP) is 2.62. The molecule has 0 unspecified atom stereocenters. The van der Waals surface area contributed by atoms with Crippen LogP contribution in [0.3, 0.4) is 0 Å². The van der Waals surface area contributed by atoms with Crippen molar-refractivity contribution in [3.63, 3.8) is 0 Å². The van der Waals surface area contributed by atoms with Gasteiger partial charge in [0.25, 0.3) is 0 Å². The van der Waals surface area contributed by atoms with Gasteiger partial charge in [-0.1, -0.05) is 13.8 Å². The first kappa shape index (κ1) is 17.0. The molecule has 0 rings (SSSR count). The zero-order chi connectivity index (χ0) is 8.24. The molecule has 0 aromatic carbocycles. The van der Waals surface area contributed by atoms with E-state index in [0.29, 0.717) is 12.8 Å². The van der Waals surface area contributed by atoms with Gasteiger partial charge < -0.3 is 0 Å². The smallest absolute Gasteiger partial charge is 0.0621 e. The molecule has 0 saturated carbocycles. The largest absolute Gasteiger partial charge is 0.198 e. The average Bonchev–Trinajstić information content (AvgIpc) is 1.93. The zero-order valence-corrected chi connectivity index (χ0v) is 8.78. The Morgan fingerprint density at radius 2 is 1.18 bits per heavy atom. The first-order valence-electron chi connectivity index (χ1n) is 3.57. The molecule has 0 heterocycles. The van der Waals surface area contributed by atoms with Crippen LogP contribution in [-0.4, -0.2) is 0 Å². The van der Waals surface area contributed by atoms with Gasteiger partial charge >= 0.3 is 0 Å². The van der Waals surface area contributed by atoms with Gasteiger partial charge in [-0.3, -0.25) is 0 Å². The zero-order valence-electron chi connectivity index (χ0n) is 7.22. The van der Waals surface area contributed by atoms with Crippen molar-refractivity contribution in [3.8, 4) is 12.1 Å². The molecule has 0 N–H and O–H groups in total. The van der Waals surface area contributed by atoms with Gasteiger partial charge in [0, 0.05) is 34.6 Å². The number of hydrogen-bond donors (Lipinski definition) is 0. The molecule has 0 amide bonds. The molecule has 0 aliphatic rings. The number of unbranched alkanes of at least 4 members (excludes halogenated alkanes) is 2. The van der Waals surface area contributed by atoms with Crippen molar-refractivity contribution in [2.45, 2.75) is 39.5 Å². The fourth-order valence-electron chi connectivity index (χ4n) is 0.224. The van der Waals surface area contributed by atoms with Crippen LogP contribution in [0.4, 0.5) is 0 Å². The number of hydrogen-bond acceptors (Lipinski definition) is 2. The maximum absolute atomic E-state index is 7.82. The van der Waals surface area contributed by atoms with Crippen molar-refractivity contribution >= 4 is 0 Å². The summed E-state index contributed by atoms with van der Waals surface area (Å²) in [6, 6.07) is 4.03. The summed E-state index contributed by atoms with van der Waals surface area (Å²) in [5, 5.41) is 15.6. The second kappa shape index (κ2) is 22.6. The van der Waals surface area contributed by atoms with E-state index in [-0.39, 0.29) is 21.7 Å². The van der Waals surface area contributed by atoms with E-state index in [2.05, 4.69) is 0 Å². The van der Waals surface area contributed by atoms with Gasteiger partial charge in [0.05, 0.1) is 12.1 Å². The molecule has 0 aliphatic carbocycles. The van der Waals surface area contributed by atoms with Crippen LogP contribution in [0.1, 0.15) is 39.5 Å². The van der Waals surface area contributed by atoms with E-state index in [1.165, 1.54) is 0 Å². The molecular formula is C8H14N2Ti. The van der Waals surface area contributed by atoms with Crippen LogP contribution < -0.4 is 0 Å². The minimum Gasteiger partial charge on any atom is -0.198 e. The van der Waals surface area contributed by atoms with Crippen molar-refractivity contribution in [1.29, 1.82) is 10.5 Å². The Bertz CT molecular complexity index is 105. The van der Waals surface area contributed by atoms with Crippen LogP contribution in [-0.2, 0) is 21.7 Å². The number of rotatable bonds is 2. The van der Waals surface area contributed by atoms with Crippen molar-refractivity contribution in [1.82, 2.24) is 0 Å². The molecule has 0 aromatic rings.